The molecule has 344 valence electrons. The standard InChI is InChI=1S/C52H100O6/c1-6-8-9-10-25-34-39-44-52(55)58-49(46-57-51(54)43-38-33-29-24-20-16-15-17-21-26-30-35-40-47(3)4)45-56-50(53)42-37-32-28-23-19-14-12-11-13-18-22-27-31-36-41-48(5)7-2/h47-49H,6-46H2,1-5H3/t48?,49-/m1/s1. The zero-order valence-electron chi connectivity index (χ0n) is 39.7. The molecule has 0 rings (SSSR count). The third-order valence-electron chi connectivity index (χ3n) is 12.1. The minimum atomic E-state index is -0.760. The van der Waals surface area contributed by atoms with Crippen molar-refractivity contribution in [1.29, 1.82) is 0 Å². The fourth-order valence-corrected chi connectivity index (χ4v) is 7.78. The molecule has 0 saturated carbocycles. The molecule has 0 aromatic carbocycles. The van der Waals surface area contributed by atoms with Crippen LogP contribution in [-0.4, -0.2) is 37.2 Å². The lowest BCUT2D eigenvalue weighted by Gasteiger charge is -2.18. The quantitative estimate of drug-likeness (QED) is 0.0346. The first-order chi connectivity index (χ1) is 28.3. The van der Waals surface area contributed by atoms with E-state index in [1.807, 2.05) is 0 Å². The first-order valence-corrected chi connectivity index (χ1v) is 25.8. The van der Waals surface area contributed by atoms with Crippen molar-refractivity contribution >= 4 is 17.9 Å². The van der Waals surface area contributed by atoms with E-state index >= 15 is 0 Å². The number of unbranched alkanes of at least 4 members (excludes halogenated alkanes) is 30. The Morgan fingerprint density at radius 2 is 0.655 bits per heavy atom. The molecule has 58 heavy (non-hydrogen) atoms. The van der Waals surface area contributed by atoms with Gasteiger partial charge in [0.2, 0.25) is 0 Å². The van der Waals surface area contributed by atoms with Crippen LogP contribution >= 0.6 is 0 Å². The first kappa shape index (κ1) is 56.4. The zero-order valence-corrected chi connectivity index (χ0v) is 39.7. The van der Waals surface area contributed by atoms with Crippen LogP contribution in [0.1, 0.15) is 285 Å². The lowest BCUT2D eigenvalue weighted by molar-refractivity contribution is -0.167. The van der Waals surface area contributed by atoms with Gasteiger partial charge >= 0.3 is 17.9 Å². The van der Waals surface area contributed by atoms with Gasteiger partial charge in [0, 0.05) is 19.3 Å². The second-order valence-corrected chi connectivity index (χ2v) is 18.5. The molecule has 6 nitrogen and oxygen atoms in total. The molecule has 0 aliphatic rings. The number of hydrogen-bond acceptors (Lipinski definition) is 6. The van der Waals surface area contributed by atoms with Crippen molar-refractivity contribution in [2.24, 2.45) is 11.8 Å². The highest BCUT2D eigenvalue weighted by atomic mass is 16.6. The first-order valence-electron chi connectivity index (χ1n) is 25.8. The van der Waals surface area contributed by atoms with Crippen LogP contribution in [0.5, 0.6) is 0 Å². The van der Waals surface area contributed by atoms with E-state index in [9.17, 15) is 14.4 Å². The van der Waals surface area contributed by atoms with Crippen LogP contribution in [0.4, 0.5) is 0 Å². The van der Waals surface area contributed by atoms with Crippen molar-refractivity contribution in [2.45, 2.75) is 291 Å². The van der Waals surface area contributed by atoms with Crippen LogP contribution in [-0.2, 0) is 28.6 Å². The van der Waals surface area contributed by atoms with Crippen LogP contribution in [0.2, 0.25) is 0 Å². The van der Waals surface area contributed by atoms with Gasteiger partial charge in [-0.1, -0.05) is 247 Å². The van der Waals surface area contributed by atoms with E-state index in [2.05, 4.69) is 34.6 Å². The number of hydrogen-bond donors (Lipinski definition) is 0. The van der Waals surface area contributed by atoms with Gasteiger partial charge in [-0.2, -0.15) is 0 Å². The van der Waals surface area contributed by atoms with Crippen LogP contribution in [0.3, 0.4) is 0 Å². The Hall–Kier alpha value is -1.59. The van der Waals surface area contributed by atoms with Gasteiger partial charge in [-0.3, -0.25) is 14.4 Å². The maximum Gasteiger partial charge on any atom is 0.306 e. The van der Waals surface area contributed by atoms with Gasteiger partial charge < -0.3 is 14.2 Å². The minimum absolute atomic E-state index is 0.0642. The lowest BCUT2D eigenvalue weighted by atomic mass is 9.99. The maximum absolute atomic E-state index is 12.7. The van der Waals surface area contributed by atoms with Crippen LogP contribution in [0.25, 0.3) is 0 Å². The predicted molar refractivity (Wildman–Crippen MR) is 247 cm³/mol. The molecule has 6 heteroatoms. The topological polar surface area (TPSA) is 78.9 Å². The summed E-state index contributed by atoms with van der Waals surface area (Å²) in [7, 11) is 0. The van der Waals surface area contributed by atoms with Crippen molar-refractivity contribution in [3.63, 3.8) is 0 Å². The summed E-state index contributed by atoms with van der Waals surface area (Å²) in [6, 6.07) is 0. The maximum atomic E-state index is 12.7. The average Bonchev–Trinajstić information content (AvgIpc) is 3.21. The molecule has 0 N–H and O–H groups in total. The smallest absolute Gasteiger partial charge is 0.306 e. The highest BCUT2D eigenvalue weighted by Gasteiger charge is 2.19. The highest BCUT2D eigenvalue weighted by Crippen LogP contribution is 2.18. The van der Waals surface area contributed by atoms with Gasteiger partial charge in [0.1, 0.15) is 13.2 Å². The van der Waals surface area contributed by atoms with Gasteiger partial charge in [0.15, 0.2) is 6.10 Å². The summed E-state index contributed by atoms with van der Waals surface area (Å²) >= 11 is 0. The molecule has 0 heterocycles. The summed E-state index contributed by atoms with van der Waals surface area (Å²) in [4.78, 5) is 37.8. The number of carbonyl (C=O) groups is 3. The normalized spacial score (nSPS) is 12.5. The molecule has 0 spiro atoms. The summed E-state index contributed by atoms with van der Waals surface area (Å²) in [5, 5.41) is 0. The van der Waals surface area contributed by atoms with Crippen LogP contribution in [0.15, 0.2) is 0 Å². The predicted octanol–water partition coefficient (Wildman–Crippen LogP) is 16.5. The van der Waals surface area contributed by atoms with Gasteiger partial charge in [0.05, 0.1) is 0 Å². The molecule has 0 aromatic rings. The molecule has 2 atom stereocenters. The summed E-state index contributed by atoms with van der Waals surface area (Å²) in [5.41, 5.74) is 0. The highest BCUT2D eigenvalue weighted by molar-refractivity contribution is 5.71. The van der Waals surface area contributed by atoms with Gasteiger partial charge in [-0.25, -0.2) is 0 Å². The van der Waals surface area contributed by atoms with Crippen LogP contribution in [0, 0.1) is 11.8 Å². The Balaban J connectivity index is 4.16. The monoisotopic (exact) mass is 821 g/mol. The molecule has 0 fully saturated rings. The van der Waals surface area contributed by atoms with E-state index in [-0.39, 0.29) is 31.1 Å². The van der Waals surface area contributed by atoms with Gasteiger partial charge in [0.25, 0.3) is 0 Å². The van der Waals surface area contributed by atoms with Crippen molar-refractivity contribution < 1.29 is 28.6 Å². The fourth-order valence-electron chi connectivity index (χ4n) is 7.78. The molecular weight excluding hydrogens is 721 g/mol. The number of carbonyl (C=O) groups excluding carboxylic acids is 3. The Bertz CT molecular complexity index is 887. The Morgan fingerprint density at radius 1 is 0.362 bits per heavy atom. The number of ether oxygens (including phenoxy) is 3. The number of rotatable bonds is 46. The third kappa shape index (κ3) is 44.0. The summed E-state index contributed by atoms with van der Waals surface area (Å²) in [6.07, 6.45) is 45.2. The van der Waals surface area contributed by atoms with E-state index in [0.29, 0.717) is 19.3 Å². The largest absolute Gasteiger partial charge is 0.462 e. The fraction of sp³-hybridized carbons (Fsp3) is 0.942. The molecule has 0 bridgehead atoms. The second kappa shape index (κ2) is 44.9. The van der Waals surface area contributed by atoms with Gasteiger partial charge in [-0.15, -0.1) is 0 Å². The van der Waals surface area contributed by atoms with E-state index in [1.165, 1.54) is 173 Å². The Morgan fingerprint density at radius 3 is 0.983 bits per heavy atom. The minimum Gasteiger partial charge on any atom is -0.462 e. The van der Waals surface area contributed by atoms with E-state index < -0.39 is 6.10 Å². The second-order valence-electron chi connectivity index (χ2n) is 18.5. The number of esters is 3. The van der Waals surface area contributed by atoms with Crippen molar-refractivity contribution in [1.82, 2.24) is 0 Å². The molecular formula is C52H100O6. The SMILES string of the molecule is CCCCCCCCCC(=O)O[C@H](COC(=O)CCCCCCCCCCCCCCCCC(C)CC)COC(=O)CCCCCCCCCCCCCCC(C)C. The Kier molecular flexibility index (Phi) is 43.7. The molecule has 0 aliphatic carbocycles. The molecule has 0 aromatic heterocycles. The van der Waals surface area contributed by atoms with E-state index in [0.717, 1.165) is 69.6 Å². The van der Waals surface area contributed by atoms with Crippen LogP contribution < -0.4 is 0 Å². The molecule has 1 unspecified atom stereocenters. The lowest BCUT2D eigenvalue weighted by Crippen LogP contribution is -2.30. The van der Waals surface area contributed by atoms with E-state index in [1.54, 1.807) is 0 Å². The van der Waals surface area contributed by atoms with Crippen molar-refractivity contribution in [3.05, 3.63) is 0 Å². The molecule has 0 aliphatic heterocycles. The molecule has 0 amide bonds. The molecule has 0 saturated heterocycles. The zero-order chi connectivity index (χ0) is 42.6. The van der Waals surface area contributed by atoms with Crippen molar-refractivity contribution in [2.75, 3.05) is 13.2 Å². The average molecular weight is 821 g/mol. The summed E-state index contributed by atoms with van der Waals surface area (Å²) < 4.78 is 16.7. The third-order valence-corrected chi connectivity index (χ3v) is 12.1. The van der Waals surface area contributed by atoms with Crippen molar-refractivity contribution in [3.8, 4) is 0 Å². The van der Waals surface area contributed by atoms with Gasteiger partial charge in [-0.05, 0) is 31.1 Å². The summed E-state index contributed by atoms with van der Waals surface area (Å²) in [6.45, 7) is 11.4. The summed E-state index contributed by atoms with van der Waals surface area (Å²) in [5.74, 6) is 0.875. The van der Waals surface area contributed by atoms with E-state index in [4.69, 9.17) is 14.2 Å². The Labute approximate surface area is 361 Å². The molecule has 0 radical (unpaired) electrons.